The fraction of sp³-hybridized carbons (Fsp3) is 0.136. The van der Waals surface area contributed by atoms with Crippen molar-refractivity contribution in [3.8, 4) is 11.6 Å². The monoisotopic (exact) mass is 421 g/mol. The lowest BCUT2D eigenvalue weighted by Gasteiger charge is -2.11. The molecule has 7 nitrogen and oxygen atoms in total. The molecule has 4 rings (SSSR count). The third-order valence-corrected chi connectivity index (χ3v) is 5.01. The van der Waals surface area contributed by atoms with Crippen molar-refractivity contribution in [3.05, 3.63) is 94.9 Å². The standard InChI is InChI=1S/C22H20ClN5O2/c1-30-18-9-6-7-16(13-18)14-24-21(29)20-22(27-11-4-5-12-27)28(26-25-20)15-17-8-2-3-10-19(17)23/h2-13H,14-15H2,1H3,(H,24,29). The number of carbonyl (C=O) groups excluding carboxylic acids is 1. The molecule has 0 spiro atoms. The molecule has 0 atom stereocenters. The molecule has 2 aromatic carbocycles. The number of nitrogens with zero attached hydrogens (tertiary/aromatic N) is 4. The normalized spacial score (nSPS) is 10.7. The molecule has 0 saturated carbocycles. The smallest absolute Gasteiger partial charge is 0.276 e. The van der Waals surface area contributed by atoms with E-state index in [2.05, 4.69) is 15.6 Å². The van der Waals surface area contributed by atoms with E-state index in [0.717, 1.165) is 16.9 Å². The van der Waals surface area contributed by atoms with Gasteiger partial charge in [0.1, 0.15) is 5.75 Å². The Morgan fingerprint density at radius 1 is 1.10 bits per heavy atom. The van der Waals surface area contributed by atoms with Gasteiger partial charge in [0.15, 0.2) is 11.5 Å². The molecule has 0 saturated heterocycles. The fourth-order valence-corrected chi connectivity index (χ4v) is 3.32. The molecule has 2 heterocycles. The Bertz CT molecular complexity index is 1150. The first kappa shape index (κ1) is 19.7. The number of amides is 1. The van der Waals surface area contributed by atoms with Gasteiger partial charge in [-0.3, -0.25) is 4.79 Å². The third-order valence-electron chi connectivity index (χ3n) is 4.64. The Morgan fingerprint density at radius 3 is 2.67 bits per heavy atom. The summed E-state index contributed by atoms with van der Waals surface area (Å²) >= 11 is 6.31. The molecule has 30 heavy (non-hydrogen) atoms. The Labute approximate surface area is 178 Å². The van der Waals surface area contributed by atoms with Crippen LogP contribution < -0.4 is 10.1 Å². The molecule has 0 radical (unpaired) electrons. The Morgan fingerprint density at radius 2 is 1.90 bits per heavy atom. The van der Waals surface area contributed by atoms with Gasteiger partial charge in [-0.15, -0.1) is 5.10 Å². The second kappa shape index (κ2) is 8.84. The molecular formula is C22H20ClN5O2. The second-order valence-corrected chi connectivity index (χ2v) is 7.04. The van der Waals surface area contributed by atoms with E-state index in [1.54, 1.807) is 11.8 Å². The van der Waals surface area contributed by atoms with E-state index in [4.69, 9.17) is 16.3 Å². The highest BCUT2D eigenvalue weighted by Crippen LogP contribution is 2.20. The number of rotatable bonds is 7. The average molecular weight is 422 g/mol. The molecule has 0 aliphatic carbocycles. The molecule has 152 valence electrons. The van der Waals surface area contributed by atoms with Crippen molar-refractivity contribution in [2.45, 2.75) is 13.1 Å². The van der Waals surface area contributed by atoms with Crippen LogP contribution in [-0.2, 0) is 13.1 Å². The van der Waals surface area contributed by atoms with E-state index < -0.39 is 0 Å². The summed E-state index contributed by atoms with van der Waals surface area (Å²) in [6, 6.07) is 18.8. The molecule has 0 aliphatic rings. The van der Waals surface area contributed by atoms with Crippen molar-refractivity contribution in [1.82, 2.24) is 24.9 Å². The second-order valence-electron chi connectivity index (χ2n) is 6.64. The summed E-state index contributed by atoms with van der Waals surface area (Å²) in [6.45, 7) is 0.738. The van der Waals surface area contributed by atoms with Crippen molar-refractivity contribution in [2.75, 3.05) is 7.11 Å². The van der Waals surface area contributed by atoms with Gasteiger partial charge in [-0.25, -0.2) is 4.68 Å². The highest BCUT2D eigenvalue weighted by molar-refractivity contribution is 6.31. The summed E-state index contributed by atoms with van der Waals surface area (Å²) in [5.41, 5.74) is 2.05. The first-order valence-electron chi connectivity index (χ1n) is 9.37. The van der Waals surface area contributed by atoms with Crippen molar-refractivity contribution >= 4 is 17.5 Å². The van der Waals surface area contributed by atoms with Crippen molar-refractivity contribution in [2.24, 2.45) is 0 Å². The van der Waals surface area contributed by atoms with E-state index in [1.807, 2.05) is 77.6 Å². The van der Waals surface area contributed by atoms with E-state index in [1.165, 1.54) is 0 Å². The number of benzene rings is 2. The minimum atomic E-state index is -0.313. The highest BCUT2D eigenvalue weighted by Gasteiger charge is 2.21. The SMILES string of the molecule is COc1cccc(CNC(=O)c2nnn(Cc3ccccc3Cl)c2-n2cccc2)c1. The number of halogens is 1. The predicted octanol–water partition coefficient (Wildman–Crippen LogP) is 3.71. The molecule has 2 aromatic heterocycles. The van der Waals surface area contributed by atoms with Crippen LogP contribution in [0, 0.1) is 0 Å². The van der Waals surface area contributed by atoms with Gasteiger partial charge in [-0.2, -0.15) is 0 Å². The maximum atomic E-state index is 12.9. The number of methoxy groups -OCH3 is 1. The number of hydrogen-bond donors (Lipinski definition) is 1. The lowest BCUT2D eigenvalue weighted by Crippen LogP contribution is -2.25. The molecule has 0 aliphatic heterocycles. The van der Waals surface area contributed by atoms with Gasteiger partial charge in [0, 0.05) is 24.0 Å². The van der Waals surface area contributed by atoms with Crippen molar-refractivity contribution in [3.63, 3.8) is 0 Å². The molecule has 1 amide bonds. The van der Waals surface area contributed by atoms with E-state index in [-0.39, 0.29) is 11.6 Å². The summed E-state index contributed by atoms with van der Waals surface area (Å²) in [6.07, 6.45) is 3.70. The maximum Gasteiger partial charge on any atom is 0.276 e. The van der Waals surface area contributed by atoms with Crippen LogP contribution >= 0.6 is 11.6 Å². The largest absolute Gasteiger partial charge is 0.497 e. The van der Waals surface area contributed by atoms with Gasteiger partial charge in [0.05, 0.1) is 13.7 Å². The molecule has 0 fully saturated rings. The first-order chi connectivity index (χ1) is 14.7. The molecule has 1 N–H and O–H groups in total. The van der Waals surface area contributed by atoms with Crippen LogP contribution in [0.2, 0.25) is 5.02 Å². The number of aromatic nitrogens is 4. The summed E-state index contributed by atoms with van der Waals surface area (Å²) in [7, 11) is 1.61. The average Bonchev–Trinajstić information content (AvgIpc) is 3.43. The molecule has 8 heteroatoms. The minimum absolute atomic E-state index is 0.237. The fourth-order valence-electron chi connectivity index (χ4n) is 3.13. The summed E-state index contributed by atoms with van der Waals surface area (Å²) < 4.78 is 8.72. The first-order valence-corrected chi connectivity index (χ1v) is 9.75. The highest BCUT2D eigenvalue weighted by atomic mass is 35.5. The third kappa shape index (κ3) is 4.21. The van der Waals surface area contributed by atoms with Gasteiger partial charge < -0.3 is 14.6 Å². The van der Waals surface area contributed by atoms with Crippen LogP contribution in [0.3, 0.4) is 0 Å². The van der Waals surface area contributed by atoms with Crippen molar-refractivity contribution < 1.29 is 9.53 Å². The van der Waals surface area contributed by atoms with Crippen molar-refractivity contribution in [1.29, 1.82) is 0 Å². The topological polar surface area (TPSA) is 74.0 Å². The quantitative estimate of drug-likeness (QED) is 0.493. The van der Waals surface area contributed by atoms with Gasteiger partial charge in [-0.1, -0.05) is 47.1 Å². The summed E-state index contributed by atoms with van der Waals surface area (Å²) in [4.78, 5) is 12.9. The van der Waals surface area contributed by atoms with Gasteiger partial charge in [-0.05, 0) is 41.5 Å². The zero-order valence-corrected chi connectivity index (χ0v) is 17.1. The Kier molecular flexibility index (Phi) is 5.81. The molecule has 0 bridgehead atoms. The summed E-state index contributed by atoms with van der Waals surface area (Å²) in [5, 5.41) is 11.9. The van der Waals surface area contributed by atoms with Crippen LogP contribution in [-0.4, -0.2) is 32.6 Å². The van der Waals surface area contributed by atoms with Crippen LogP contribution in [0.25, 0.3) is 5.82 Å². The number of nitrogens with one attached hydrogen (secondary N) is 1. The van der Waals surface area contributed by atoms with Gasteiger partial charge >= 0.3 is 0 Å². The van der Waals surface area contributed by atoms with E-state index in [0.29, 0.717) is 23.9 Å². The Hall–Kier alpha value is -3.58. The number of hydrogen-bond acceptors (Lipinski definition) is 4. The zero-order chi connectivity index (χ0) is 20.9. The molecule has 0 unspecified atom stereocenters. The van der Waals surface area contributed by atoms with Crippen LogP contribution in [0.5, 0.6) is 5.75 Å². The van der Waals surface area contributed by atoms with Crippen LogP contribution in [0.1, 0.15) is 21.6 Å². The van der Waals surface area contributed by atoms with Gasteiger partial charge in [0.25, 0.3) is 5.91 Å². The summed E-state index contributed by atoms with van der Waals surface area (Å²) in [5.74, 6) is 0.996. The van der Waals surface area contributed by atoms with E-state index in [9.17, 15) is 4.79 Å². The number of ether oxygens (including phenoxy) is 1. The zero-order valence-electron chi connectivity index (χ0n) is 16.3. The van der Waals surface area contributed by atoms with Crippen LogP contribution in [0.15, 0.2) is 73.1 Å². The van der Waals surface area contributed by atoms with Crippen LogP contribution in [0.4, 0.5) is 0 Å². The van der Waals surface area contributed by atoms with E-state index >= 15 is 0 Å². The van der Waals surface area contributed by atoms with Gasteiger partial charge in [0.2, 0.25) is 0 Å². The maximum absolute atomic E-state index is 12.9. The lowest BCUT2D eigenvalue weighted by atomic mass is 10.2. The number of carbonyl (C=O) groups is 1. The minimum Gasteiger partial charge on any atom is -0.497 e. The molecule has 4 aromatic rings. The molecular weight excluding hydrogens is 402 g/mol. The Balaban J connectivity index is 1.60. The predicted molar refractivity (Wildman–Crippen MR) is 114 cm³/mol. The lowest BCUT2D eigenvalue weighted by molar-refractivity contribution is 0.0945.